The summed E-state index contributed by atoms with van der Waals surface area (Å²) in [6.07, 6.45) is -0.437. The highest BCUT2D eigenvalue weighted by molar-refractivity contribution is 7.80. The first-order valence-electron chi connectivity index (χ1n) is 8.00. The Morgan fingerprint density at radius 2 is 2.00 bits per heavy atom. The summed E-state index contributed by atoms with van der Waals surface area (Å²) < 4.78 is 5.33. The topological polar surface area (TPSA) is 53.6 Å². The molecule has 0 radical (unpaired) electrons. The van der Waals surface area contributed by atoms with Gasteiger partial charge < -0.3 is 10.1 Å². The summed E-state index contributed by atoms with van der Waals surface area (Å²) in [5.74, 6) is 0. The molecule has 1 heterocycles. The molecular weight excluding hydrogens is 310 g/mol. The van der Waals surface area contributed by atoms with E-state index in [1.165, 1.54) is 5.56 Å². The summed E-state index contributed by atoms with van der Waals surface area (Å²) in [5.41, 5.74) is 2.50. The average molecular weight is 337 g/mol. The van der Waals surface area contributed by atoms with Gasteiger partial charge >= 0.3 is 6.09 Å². The van der Waals surface area contributed by atoms with E-state index in [9.17, 15) is 4.79 Å². The number of carbonyl (C=O) groups excluding carboxylic acids is 1. The largest absolute Gasteiger partial charge is 0.444 e. The molecule has 1 fully saturated rings. The van der Waals surface area contributed by atoms with E-state index < -0.39 is 11.7 Å². The van der Waals surface area contributed by atoms with Crippen LogP contribution in [-0.2, 0) is 11.3 Å². The Labute approximate surface area is 144 Å². The summed E-state index contributed by atoms with van der Waals surface area (Å²) in [6.45, 7) is 12.5. The first kappa shape index (κ1) is 18.1. The first-order valence-corrected chi connectivity index (χ1v) is 8.45. The van der Waals surface area contributed by atoms with Gasteiger partial charge in [0, 0.05) is 43.3 Å². The molecule has 1 amide bonds. The van der Waals surface area contributed by atoms with Gasteiger partial charge in [-0.25, -0.2) is 4.79 Å². The van der Waals surface area contributed by atoms with E-state index in [1.807, 2.05) is 33.8 Å². The zero-order valence-electron chi connectivity index (χ0n) is 14.4. The number of hydrogen-bond donors (Lipinski definition) is 3. The van der Waals surface area contributed by atoms with Crippen LogP contribution in [0.2, 0.25) is 0 Å². The molecule has 23 heavy (non-hydrogen) atoms. The molecule has 0 saturated carbocycles. The second-order valence-corrected chi connectivity index (χ2v) is 7.45. The number of hydrogen-bond acceptors (Lipinski definition) is 5. The number of benzene rings is 1. The molecule has 2 rings (SSSR count). The molecule has 1 aliphatic heterocycles. The molecule has 6 heteroatoms. The van der Waals surface area contributed by atoms with E-state index in [4.69, 9.17) is 4.74 Å². The summed E-state index contributed by atoms with van der Waals surface area (Å²) in [5, 5.41) is 6.20. The Kier molecular flexibility index (Phi) is 5.95. The minimum atomic E-state index is -0.514. The van der Waals surface area contributed by atoms with Crippen molar-refractivity contribution in [2.24, 2.45) is 0 Å². The lowest BCUT2D eigenvalue weighted by Crippen LogP contribution is -2.43. The van der Waals surface area contributed by atoms with Crippen molar-refractivity contribution in [3.8, 4) is 0 Å². The van der Waals surface area contributed by atoms with E-state index in [0.29, 0.717) is 0 Å². The van der Waals surface area contributed by atoms with Gasteiger partial charge in [0.2, 0.25) is 0 Å². The van der Waals surface area contributed by atoms with Crippen LogP contribution in [-0.4, -0.2) is 42.8 Å². The third-order valence-corrected chi connectivity index (χ3v) is 4.00. The fourth-order valence-electron chi connectivity index (χ4n) is 2.58. The van der Waals surface area contributed by atoms with Crippen LogP contribution in [0, 0.1) is 6.92 Å². The van der Waals surface area contributed by atoms with Crippen molar-refractivity contribution in [2.45, 2.75) is 44.7 Å². The van der Waals surface area contributed by atoms with Gasteiger partial charge in [0.25, 0.3) is 0 Å². The minimum absolute atomic E-state index is 0.437. The predicted molar refractivity (Wildman–Crippen MR) is 96.4 cm³/mol. The highest BCUT2D eigenvalue weighted by Crippen LogP contribution is 2.26. The Morgan fingerprint density at radius 1 is 1.35 bits per heavy atom. The van der Waals surface area contributed by atoms with Crippen molar-refractivity contribution in [1.29, 1.82) is 0 Å². The number of nitrogens with one attached hydrogen (secondary N) is 2. The van der Waals surface area contributed by atoms with Gasteiger partial charge in [0.05, 0.1) is 0 Å². The van der Waals surface area contributed by atoms with Crippen LogP contribution in [0.3, 0.4) is 0 Å². The minimum Gasteiger partial charge on any atom is -0.444 e. The van der Waals surface area contributed by atoms with E-state index in [0.717, 1.165) is 48.9 Å². The van der Waals surface area contributed by atoms with Crippen LogP contribution in [0.5, 0.6) is 0 Å². The molecule has 1 aromatic carbocycles. The van der Waals surface area contributed by atoms with Gasteiger partial charge in [-0.15, -0.1) is 12.6 Å². The molecular formula is C17H27N3O2S. The molecule has 1 aromatic rings. The third kappa shape index (κ3) is 5.71. The zero-order chi connectivity index (χ0) is 17.0. The lowest BCUT2D eigenvalue weighted by Gasteiger charge is -2.28. The molecule has 5 nitrogen and oxygen atoms in total. The molecule has 0 spiro atoms. The number of anilines is 1. The lowest BCUT2D eigenvalue weighted by molar-refractivity contribution is 0.0636. The Hall–Kier alpha value is -1.24. The molecule has 0 aromatic heterocycles. The molecule has 0 aliphatic carbocycles. The van der Waals surface area contributed by atoms with Gasteiger partial charge in [-0.2, -0.15) is 0 Å². The highest BCUT2D eigenvalue weighted by atomic mass is 32.1. The summed E-state index contributed by atoms with van der Waals surface area (Å²) >= 11 is 4.47. The smallest absolute Gasteiger partial charge is 0.412 e. The zero-order valence-corrected chi connectivity index (χ0v) is 15.3. The summed E-state index contributed by atoms with van der Waals surface area (Å²) in [6, 6.07) is 3.93. The van der Waals surface area contributed by atoms with E-state index in [-0.39, 0.29) is 0 Å². The van der Waals surface area contributed by atoms with Crippen LogP contribution >= 0.6 is 12.6 Å². The Bertz CT molecular complexity index is 564. The maximum atomic E-state index is 12.0. The number of ether oxygens (including phenoxy) is 1. The second-order valence-electron chi connectivity index (χ2n) is 6.93. The van der Waals surface area contributed by atoms with Crippen LogP contribution in [0.25, 0.3) is 0 Å². The van der Waals surface area contributed by atoms with Crippen molar-refractivity contribution in [1.82, 2.24) is 10.2 Å². The molecule has 1 aliphatic rings. The highest BCUT2D eigenvalue weighted by Gasteiger charge is 2.18. The monoisotopic (exact) mass is 337 g/mol. The Morgan fingerprint density at radius 3 is 2.61 bits per heavy atom. The maximum absolute atomic E-state index is 12.0. The maximum Gasteiger partial charge on any atom is 0.412 e. The van der Waals surface area contributed by atoms with Crippen molar-refractivity contribution >= 4 is 24.4 Å². The van der Waals surface area contributed by atoms with Crippen LogP contribution in [0.1, 0.15) is 31.9 Å². The number of thiol groups is 1. The van der Waals surface area contributed by atoms with Gasteiger partial charge in [-0.3, -0.25) is 10.2 Å². The van der Waals surface area contributed by atoms with Crippen molar-refractivity contribution < 1.29 is 9.53 Å². The van der Waals surface area contributed by atoms with Gasteiger partial charge in [0.15, 0.2) is 0 Å². The average Bonchev–Trinajstić information content (AvgIpc) is 2.43. The molecule has 2 N–H and O–H groups in total. The normalized spacial score (nSPS) is 16.2. The molecule has 0 atom stereocenters. The van der Waals surface area contributed by atoms with E-state index in [1.54, 1.807) is 0 Å². The second kappa shape index (κ2) is 7.55. The van der Waals surface area contributed by atoms with Gasteiger partial charge in [0.1, 0.15) is 5.60 Å². The van der Waals surface area contributed by atoms with Crippen molar-refractivity contribution in [3.63, 3.8) is 0 Å². The number of piperazine rings is 1. The lowest BCUT2D eigenvalue weighted by atomic mass is 10.1. The van der Waals surface area contributed by atoms with E-state index in [2.05, 4.69) is 34.2 Å². The molecule has 128 valence electrons. The third-order valence-electron chi connectivity index (χ3n) is 3.74. The summed E-state index contributed by atoms with van der Waals surface area (Å²) in [4.78, 5) is 15.3. The SMILES string of the molecule is Cc1c(CN2CCNCC2)cc(S)cc1NC(=O)OC(C)(C)C. The molecule has 0 unspecified atom stereocenters. The van der Waals surface area contributed by atoms with Gasteiger partial charge in [-0.05, 0) is 51.0 Å². The standard InChI is InChI=1S/C17H27N3O2S/c1-12-13(11-20-7-5-18-6-8-20)9-14(23)10-15(12)19-16(21)22-17(2,3)4/h9-10,18,23H,5-8,11H2,1-4H3,(H,19,21). The number of amides is 1. The fraction of sp³-hybridized carbons (Fsp3) is 0.588. The van der Waals surface area contributed by atoms with Crippen LogP contribution in [0.15, 0.2) is 17.0 Å². The van der Waals surface area contributed by atoms with Crippen molar-refractivity contribution in [3.05, 3.63) is 23.3 Å². The fourth-order valence-corrected chi connectivity index (χ4v) is 2.86. The molecule has 1 saturated heterocycles. The summed E-state index contributed by atoms with van der Waals surface area (Å²) in [7, 11) is 0. The Balaban J connectivity index is 2.12. The van der Waals surface area contributed by atoms with E-state index >= 15 is 0 Å². The number of rotatable bonds is 3. The van der Waals surface area contributed by atoms with Crippen molar-refractivity contribution in [2.75, 3.05) is 31.5 Å². The quantitative estimate of drug-likeness (QED) is 0.742. The number of carbonyl (C=O) groups is 1. The van der Waals surface area contributed by atoms with Gasteiger partial charge in [-0.1, -0.05) is 0 Å². The predicted octanol–water partition coefficient (Wildman–Crippen LogP) is 3.04. The first-order chi connectivity index (χ1) is 10.7. The van der Waals surface area contributed by atoms with Crippen LogP contribution < -0.4 is 10.6 Å². The van der Waals surface area contributed by atoms with Crippen LogP contribution in [0.4, 0.5) is 10.5 Å². The molecule has 0 bridgehead atoms. The number of nitrogens with zero attached hydrogens (tertiary/aromatic N) is 1.